The molecular formula is C14H25N3OS. The fourth-order valence-electron chi connectivity index (χ4n) is 2.92. The second-order valence-electron chi connectivity index (χ2n) is 5.32. The lowest BCUT2D eigenvalue weighted by Gasteiger charge is -2.33. The molecule has 0 radical (unpaired) electrons. The highest BCUT2D eigenvalue weighted by atomic mass is 32.1. The normalized spacial score (nSPS) is 22.1. The molecule has 1 aliphatic heterocycles. The first-order valence-corrected chi connectivity index (χ1v) is 8.01. The first-order chi connectivity index (χ1) is 9.22. The van der Waals surface area contributed by atoms with E-state index in [1.807, 2.05) is 0 Å². The van der Waals surface area contributed by atoms with E-state index in [-0.39, 0.29) is 12.6 Å². The molecule has 3 N–H and O–H groups in total. The average Bonchev–Trinajstić information content (AvgIpc) is 2.79. The number of nitrogens with two attached hydrogens (primary N) is 1. The summed E-state index contributed by atoms with van der Waals surface area (Å²) in [4.78, 5) is 4.84. The largest absolute Gasteiger partial charge is 0.395 e. The summed E-state index contributed by atoms with van der Waals surface area (Å²) >= 11 is 1.74. The molecule has 1 aliphatic rings. The van der Waals surface area contributed by atoms with Gasteiger partial charge in [-0.05, 0) is 42.3 Å². The van der Waals surface area contributed by atoms with E-state index in [0.29, 0.717) is 6.04 Å². The molecule has 0 saturated carbocycles. The summed E-state index contributed by atoms with van der Waals surface area (Å²) in [5.74, 6) is 0. The van der Waals surface area contributed by atoms with Crippen molar-refractivity contribution < 1.29 is 5.11 Å². The van der Waals surface area contributed by atoms with E-state index in [2.05, 4.69) is 33.6 Å². The summed E-state index contributed by atoms with van der Waals surface area (Å²) in [6, 6.07) is 2.65. The molecule has 0 bridgehead atoms. The number of nitrogens with zero attached hydrogens (tertiary/aromatic N) is 2. The van der Waals surface area contributed by atoms with Crippen molar-refractivity contribution in [2.45, 2.75) is 25.4 Å². The standard InChI is InChI=1S/C14H25N3OS/c1-12(15)14(13-3-10-19-11-13)17-5-2-4-16(6-7-17)8-9-18/h3,10-12,14,18H,2,4-9,15H2,1H3. The summed E-state index contributed by atoms with van der Waals surface area (Å²) in [6.07, 6.45) is 1.15. The zero-order chi connectivity index (χ0) is 13.7. The SMILES string of the molecule is CC(N)C(c1ccsc1)N1CCCN(CCO)CC1. The van der Waals surface area contributed by atoms with Crippen LogP contribution in [-0.4, -0.2) is 60.3 Å². The van der Waals surface area contributed by atoms with Gasteiger partial charge in [0.15, 0.2) is 0 Å². The molecule has 1 aromatic heterocycles. The fraction of sp³-hybridized carbons (Fsp3) is 0.714. The van der Waals surface area contributed by atoms with E-state index >= 15 is 0 Å². The van der Waals surface area contributed by atoms with Gasteiger partial charge in [-0.15, -0.1) is 0 Å². The number of rotatable bonds is 5. The fourth-order valence-corrected chi connectivity index (χ4v) is 3.61. The summed E-state index contributed by atoms with van der Waals surface area (Å²) in [5, 5.41) is 13.4. The van der Waals surface area contributed by atoms with Crippen molar-refractivity contribution in [1.29, 1.82) is 0 Å². The maximum Gasteiger partial charge on any atom is 0.0558 e. The van der Waals surface area contributed by atoms with Crippen LogP contribution in [-0.2, 0) is 0 Å². The van der Waals surface area contributed by atoms with Gasteiger partial charge in [0.2, 0.25) is 0 Å². The number of thiophene rings is 1. The van der Waals surface area contributed by atoms with Gasteiger partial charge < -0.3 is 10.8 Å². The first kappa shape index (κ1) is 14.9. The van der Waals surface area contributed by atoms with Crippen LogP contribution in [0.1, 0.15) is 24.9 Å². The molecule has 0 amide bonds. The van der Waals surface area contributed by atoms with Gasteiger partial charge in [0.25, 0.3) is 0 Å². The van der Waals surface area contributed by atoms with Gasteiger partial charge in [-0.3, -0.25) is 9.80 Å². The van der Waals surface area contributed by atoms with Gasteiger partial charge in [0, 0.05) is 32.2 Å². The van der Waals surface area contributed by atoms with Gasteiger partial charge >= 0.3 is 0 Å². The lowest BCUT2D eigenvalue weighted by Crippen LogP contribution is -2.41. The molecule has 2 atom stereocenters. The molecule has 0 aliphatic carbocycles. The quantitative estimate of drug-likeness (QED) is 0.851. The van der Waals surface area contributed by atoms with E-state index in [0.717, 1.165) is 39.1 Å². The van der Waals surface area contributed by atoms with Gasteiger partial charge in [-0.2, -0.15) is 11.3 Å². The number of β-amino-alcohol motifs (C(OH)–C–C–N with tert-alkyl or cyclic N) is 1. The van der Waals surface area contributed by atoms with Crippen LogP contribution >= 0.6 is 11.3 Å². The minimum atomic E-state index is 0.138. The summed E-state index contributed by atoms with van der Waals surface area (Å²) in [6.45, 7) is 7.35. The van der Waals surface area contributed by atoms with Crippen LogP contribution in [0.5, 0.6) is 0 Å². The number of aliphatic hydroxyl groups excluding tert-OH is 1. The van der Waals surface area contributed by atoms with E-state index in [4.69, 9.17) is 10.8 Å². The topological polar surface area (TPSA) is 52.7 Å². The summed E-state index contributed by atoms with van der Waals surface area (Å²) in [7, 11) is 0. The lowest BCUT2D eigenvalue weighted by atomic mass is 10.0. The van der Waals surface area contributed by atoms with Crippen molar-refractivity contribution in [3.8, 4) is 0 Å². The highest BCUT2D eigenvalue weighted by Gasteiger charge is 2.26. The third-order valence-electron chi connectivity index (χ3n) is 3.82. The van der Waals surface area contributed by atoms with Crippen LogP contribution in [0.2, 0.25) is 0 Å². The van der Waals surface area contributed by atoms with Gasteiger partial charge in [-0.25, -0.2) is 0 Å². The van der Waals surface area contributed by atoms with Crippen molar-refractivity contribution in [3.05, 3.63) is 22.4 Å². The maximum absolute atomic E-state index is 9.05. The Morgan fingerprint density at radius 1 is 1.37 bits per heavy atom. The molecular weight excluding hydrogens is 258 g/mol. The zero-order valence-electron chi connectivity index (χ0n) is 11.7. The van der Waals surface area contributed by atoms with Crippen molar-refractivity contribution in [3.63, 3.8) is 0 Å². The Bertz CT molecular complexity index is 356. The average molecular weight is 283 g/mol. The Balaban J connectivity index is 2.02. The minimum absolute atomic E-state index is 0.138. The van der Waals surface area contributed by atoms with Crippen LogP contribution in [0.4, 0.5) is 0 Å². The predicted molar refractivity (Wildman–Crippen MR) is 80.4 cm³/mol. The van der Waals surface area contributed by atoms with Crippen LogP contribution in [0.15, 0.2) is 16.8 Å². The predicted octanol–water partition coefficient (Wildman–Crippen LogP) is 1.14. The Morgan fingerprint density at radius 3 is 2.84 bits per heavy atom. The first-order valence-electron chi connectivity index (χ1n) is 7.07. The maximum atomic E-state index is 9.05. The molecule has 5 heteroatoms. The molecule has 1 saturated heterocycles. The number of hydrogen-bond donors (Lipinski definition) is 2. The second-order valence-corrected chi connectivity index (χ2v) is 6.10. The van der Waals surface area contributed by atoms with E-state index in [9.17, 15) is 0 Å². The Morgan fingerprint density at radius 2 is 2.21 bits per heavy atom. The highest BCUT2D eigenvalue weighted by Crippen LogP contribution is 2.26. The molecule has 4 nitrogen and oxygen atoms in total. The van der Waals surface area contributed by atoms with Crippen molar-refractivity contribution >= 4 is 11.3 Å². The van der Waals surface area contributed by atoms with Crippen LogP contribution in [0.25, 0.3) is 0 Å². The molecule has 19 heavy (non-hydrogen) atoms. The molecule has 0 aromatic carbocycles. The number of aliphatic hydroxyl groups is 1. The molecule has 1 fully saturated rings. The van der Waals surface area contributed by atoms with E-state index < -0.39 is 0 Å². The lowest BCUT2D eigenvalue weighted by molar-refractivity contribution is 0.169. The molecule has 2 heterocycles. The molecule has 108 valence electrons. The second kappa shape index (κ2) is 7.36. The van der Waals surface area contributed by atoms with Gasteiger partial charge in [0.1, 0.15) is 0 Å². The van der Waals surface area contributed by atoms with E-state index in [1.54, 1.807) is 11.3 Å². The van der Waals surface area contributed by atoms with Crippen molar-refractivity contribution in [1.82, 2.24) is 9.80 Å². The Labute approximate surface area is 119 Å². The highest BCUT2D eigenvalue weighted by molar-refractivity contribution is 7.07. The molecule has 1 aromatic rings. The molecule has 2 rings (SSSR count). The minimum Gasteiger partial charge on any atom is -0.395 e. The molecule has 0 spiro atoms. The van der Waals surface area contributed by atoms with Gasteiger partial charge in [0.05, 0.1) is 12.6 Å². The Kier molecular flexibility index (Phi) is 5.78. The third-order valence-corrected chi connectivity index (χ3v) is 4.52. The third kappa shape index (κ3) is 4.00. The van der Waals surface area contributed by atoms with Crippen molar-refractivity contribution in [2.75, 3.05) is 39.3 Å². The zero-order valence-corrected chi connectivity index (χ0v) is 12.5. The summed E-state index contributed by atoms with van der Waals surface area (Å²) in [5.41, 5.74) is 7.56. The molecule has 2 unspecified atom stereocenters. The smallest absolute Gasteiger partial charge is 0.0558 e. The van der Waals surface area contributed by atoms with Crippen LogP contribution in [0, 0.1) is 0 Å². The van der Waals surface area contributed by atoms with E-state index in [1.165, 1.54) is 5.56 Å². The van der Waals surface area contributed by atoms with Crippen LogP contribution in [0.3, 0.4) is 0 Å². The van der Waals surface area contributed by atoms with Crippen molar-refractivity contribution in [2.24, 2.45) is 5.73 Å². The van der Waals surface area contributed by atoms with Gasteiger partial charge in [-0.1, -0.05) is 0 Å². The number of hydrogen-bond acceptors (Lipinski definition) is 5. The summed E-state index contributed by atoms with van der Waals surface area (Å²) < 4.78 is 0. The Hall–Kier alpha value is -0.460. The van der Waals surface area contributed by atoms with Crippen LogP contribution < -0.4 is 5.73 Å². The monoisotopic (exact) mass is 283 g/mol.